The van der Waals surface area contributed by atoms with Crippen LogP contribution in [0, 0.1) is 6.92 Å². The number of nitrogens with one attached hydrogen (secondary N) is 2. The zero-order valence-corrected chi connectivity index (χ0v) is 15.5. The van der Waals surface area contributed by atoms with Gasteiger partial charge in [0.2, 0.25) is 0 Å². The predicted octanol–water partition coefficient (Wildman–Crippen LogP) is 2.91. The molecular weight excluding hydrogens is 358 g/mol. The van der Waals surface area contributed by atoms with E-state index in [-0.39, 0.29) is 10.7 Å². The average molecular weight is 375 g/mol. The van der Waals surface area contributed by atoms with Crippen LogP contribution in [0.15, 0.2) is 60.3 Å². The molecule has 1 fully saturated rings. The summed E-state index contributed by atoms with van der Waals surface area (Å²) in [7, 11) is 0. The van der Waals surface area contributed by atoms with Crippen LogP contribution in [0.2, 0.25) is 0 Å². The van der Waals surface area contributed by atoms with Gasteiger partial charge in [0.25, 0.3) is 11.8 Å². The quantitative estimate of drug-likeness (QED) is 0.420. The van der Waals surface area contributed by atoms with Crippen molar-refractivity contribution in [1.29, 1.82) is 0 Å². The van der Waals surface area contributed by atoms with Gasteiger partial charge < -0.3 is 4.57 Å². The number of hydrogen-bond acceptors (Lipinski definition) is 3. The molecule has 2 amide bonds. The maximum Gasteiger partial charge on any atom is 0.263 e. The molecule has 2 aromatic carbocycles. The molecule has 1 aliphatic rings. The van der Waals surface area contributed by atoms with Gasteiger partial charge in [-0.3, -0.25) is 20.2 Å². The lowest BCUT2D eigenvalue weighted by Gasteiger charge is -2.16. The number of aryl methyl sites for hydroxylation is 1. The number of aromatic nitrogens is 1. The number of rotatable bonds is 3. The summed E-state index contributed by atoms with van der Waals surface area (Å²) in [5.74, 6) is -0.974. The topological polar surface area (TPSA) is 63.1 Å². The molecule has 0 unspecified atom stereocenters. The lowest BCUT2D eigenvalue weighted by atomic mass is 10.1. The molecule has 0 radical (unpaired) electrons. The molecule has 0 aliphatic carbocycles. The molecular formula is C21H17N3O2S. The van der Waals surface area contributed by atoms with Crippen molar-refractivity contribution >= 4 is 46.1 Å². The Bertz CT molecular complexity index is 1110. The van der Waals surface area contributed by atoms with E-state index < -0.39 is 11.8 Å². The van der Waals surface area contributed by atoms with Gasteiger partial charge in [0.15, 0.2) is 5.11 Å². The molecule has 1 aromatic heterocycles. The lowest BCUT2D eigenvalue weighted by Crippen LogP contribution is -2.51. The molecule has 1 aliphatic heterocycles. The van der Waals surface area contributed by atoms with Crippen LogP contribution < -0.4 is 10.6 Å². The normalized spacial score (nSPS) is 14.3. The highest BCUT2D eigenvalue weighted by atomic mass is 32.1. The van der Waals surface area contributed by atoms with Crippen molar-refractivity contribution in [1.82, 2.24) is 15.2 Å². The van der Waals surface area contributed by atoms with E-state index in [9.17, 15) is 9.59 Å². The van der Waals surface area contributed by atoms with E-state index in [1.807, 2.05) is 36.5 Å². The molecule has 0 saturated carbocycles. The Morgan fingerprint density at radius 3 is 2.52 bits per heavy atom. The molecule has 3 aromatic rings. The Balaban J connectivity index is 1.78. The molecule has 0 spiro atoms. The summed E-state index contributed by atoms with van der Waals surface area (Å²) < 4.78 is 2.12. The largest absolute Gasteiger partial charge is 0.342 e. The first kappa shape index (κ1) is 17.2. The van der Waals surface area contributed by atoms with E-state index in [4.69, 9.17) is 12.2 Å². The minimum atomic E-state index is -0.487. The second-order valence-corrected chi connectivity index (χ2v) is 6.92. The van der Waals surface area contributed by atoms with E-state index in [1.54, 1.807) is 6.08 Å². The Hall–Kier alpha value is -3.25. The molecule has 0 atom stereocenters. The summed E-state index contributed by atoms with van der Waals surface area (Å²) in [5.41, 5.74) is 4.29. The standard InChI is InChI=1S/C21H17N3O2S/c1-13-5-4-6-14(9-13)11-24-12-15(16-7-2-3-8-18(16)24)10-17-19(25)22-21(27)23-20(17)26/h2-10,12H,11H2,1H3,(H2,22,23,25,26,27). The van der Waals surface area contributed by atoms with Gasteiger partial charge in [-0.15, -0.1) is 0 Å². The smallest absolute Gasteiger partial charge is 0.263 e. The molecule has 4 rings (SSSR count). The van der Waals surface area contributed by atoms with Crippen molar-refractivity contribution in [2.75, 3.05) is 0 Å². The third kappa shape index (κ3) is 3.39. The van der Waals surface area contributed by atoms with Crippen molar-refractivity contribution in [3.8, 4) is 0 Å². The number of thiocarbonyl (C=S) groups is 1. The number of amides is 2. The Morgan fingerprint density at radius 2 is 1.78 bits per heavy atom. The molecule has 6 heteroatoms. The molecule has 0 bridgehead atoms. The maximum atomic E-state index is 12.2. The van der Waals surface area contributed by atoms with Crippen LogP contribution in [0.25, 0.3) is 17.0 Å². The predicted molar refractivity (Wildman–Crippen MR) is 109 cm³/mol. The monoisotopic (exact) mass is 375 g/mol. The number of benzene rings is 2. The molecule has 134 valence electrons. The fourth-order valence-corrected chi connectivity index (χ4v) is 3.48. The highest BCUT2D eigenvalue weighted by Gasteiger charge is 2.26. The summed E-state index contributed by atoms with van der Waals surface area (Å²) in [6, 6.07) is 16.3. The van der Waals surface area contributed by atoms with Crippen LogP contribution >= 0.6 is 12.2 Å². The fourth-order valence-electron chi connectivity index (χ4n) is 3.29. The van der Waals surface area contributed by atoms with Crippen LogP contribution in [0.4, 0.5) is 0 Å². The van der Waals surface area contributed by atoms with Gasteiger partial charge in [0.05, 0.1) is 0 Å². The number of carbonyl (C=O) groups excluding carboxylic acids is 2. The maximum absolute atomic E-state index is 12.2. The van der Waals surface area contributed by atoms with Gasteiger partial charge >= 0.3 is 0 Å². The SMILES string of the molecule is Cc1cccc(Cn2cc(C=C3C(=O)NC(=S)NC3=O)c3ccccc32)c1. The first-order valence-electron chi connectivity index (χ1n) is 8.53. The van der Waals surface area contributed by atoms with Crippen molar-refractivity contribution in [2.45, 2.75) is 13.5 Å². The molecule has 2 N–H and O–H groups in total. The van der Waals surface area contributed by atoms with Gasteiger partial charge in [-0.1, -0.05) is 48.0 Å². The zero-order valence-electron chi connectivity index (χ0n) is 14.7. The van der Waals surface area contributed by atoms with E-state index in [0.717, 1.165) is 16.5 Å². The number of fused-ring (bicyclic) bond motifs is 1. The lowest BCUT2D eigenvalue weighted by molar-refractivity contribution is -0.123. The molecule has 27 heavy (non-hydrogen) atoms. The molecule has 1 saturated heterocycles. The summed E-state index contributed by atoms with van der Waals surface area (Å²) in [4.78, 5) is 24.3. The molecule has 5 nitrogen and oxygen atoms in total. The number of hydrogen-bond donors (Lipinski definition) is 2. The van der Waals surface area contributed by atoms with Crippen molar-refractivity contribution in [3.05, 3.63) is 77.0 Å². The third-order valence-corrected chi connectivity index (χ3v) is 4.70. The highest BCUT2D eigenvalue weighted by Crippen LogP contribution is 2.25. The van der Waals surface area contributed by atoms with Crippen molar-refractivity contribution in [3.63, 3.8) is 0 Å². The van der Waals surface area contributed by atoms with E-state index in [0.29, 0.717) is 6.54 Å². The van der Waals surface area contributed by atoms with Crippen LogP contribution in [-0.2, 0) is 16.1 Å². The summed E-state index contributed by atoms with van der Waals surface area (Å²) >= 11 is 4.85. The zero-order chi connectivity index (χ0) is 19.0. The van der Waals surface area contributed by atoms with Crippen molar-refractivity contribution in [2.24, 2.45) is 0 Å². The Kier molecular flexibility index (Phi) is 4.33. The van der Waals surface area contributed by atoms with Gasteiger partial charge in [-0.2, -0.15) is 0 Å². The van der Waals surface area contributed by atoms with Crippen LogP contribution in [0.3, 0.4) is 0 Å². The van der Waals surface area contributed by atoms with Gasteiger partial charge in [0.1, 0.15) is 5.57 Å². The second kappa shape index (κ2) is 6.81. The third-order valence-electron chi connectivity index (χ3n) is 4.50. The van der Waals surface area contributed by atoms with Gasteiger partial charge in [-0.05, 0) is 36.8 Å². The number of carbonyl (C=O) groups is 2. The van der Waals surface area contributed by atoms with Crippen molar-refractivity contribution < 1.29 is 9.59 Å². The Labute approximate surface area is 161 Å². The van der Waals surface area contributed by atoms with Crippen LogP contribution in [-0.4, -0.2) is 21.5 Å². The Morgan fingerprint density at radius 1 is 1.04 bits per heavy atom. The minimum Gasteiger partial charge on any atom is -0.342 e. The van der Waals surface area contributed by atoms with Crippen LogP contribution in [0.1, 0.15) is 16.7 Å². The second-order valence-electron chi connectivity index (χ2n) is 6.51. The first-order chi connectivity index (χ1) is 13.0. The van der Waals surface area contributed by atoms with Gasteiger partial charge in [0, 0.05) is 29.2 Å². The number of para-hydroxylation sites is 1. The summed E-state index contributed by atoms with van der Waals surface area (Å²) in [6.07, 6.45) is 3.58. The minimum absolute atomic E-state index is 0.0315. The van der Waals surface area contributed by atoms with E-state index in [1.165, 1.54) is 11.1 Å². The summed E-state index contributed by atoms with van der Waals surface area (Å²) in [5, 5.41) is 5.94. The van der Waals surface area contributed by atoms with E-state index >= 15 is 0 Å². The highest BCUT2D eigenvalue weighted by molar-refractivity contribution is 7.80. The van der Waals surface area contributed by atoms with Gasteiger partial charge in [-0.25, -0.2) is 0 Å². The first-order valence-corrected chi connectivity index (χ1v) is 8.94. The molecule has 2 heterocycles. The van der Waals surface area contributed by atoms with Crippen LogP contribution in [0.5, 0.6) is 0 Å². The van der Waals surface area contributed by atoms with E-state index in [2.05, 4.69) is 40.3 Å². The fraction of sp³-hybridized carbons (Fsp3) is 0.0952. The average Bonchev–Trinajstić information content (AvgIpc) is 2.96. The summed E-state index contributed by atoms with van der Waals surface area (Å²) in [6.45, 7) is 2.77. The number of nitrogens with zero attached hydrogens (tertiary/aromatic N) is 1.